The Bertz CT molecular complexity index is 1330. The molecule has 0 N–H and O–H groups in total. The monoisotopic (exact) mass is 961 g/mol. The van der Waals surface area contributed by atoms with Gasteiger partial charge in [0, 0.05) is 19.3 Å². The van der Waals surface area contributed by atoms with E-state index in [0.717, 1.165) is 103 Å². The summed E-state index contributed by atoms with van der Waals surface area (Å²) in [4.78, 5) is 38.2. The van der Waals surface area contributed by atoms with Crippen molar-refractivity contribution < 1.29 is 28.6 Å². The van der Waals surface area contributed by atoms with E-state index >= 15 is 0 Å². The van der Waals surface area contributed by atoms with E-state index in [2.05, 4.69) is 106 Å². The highest BCUT2D eigenvalue weighted by Crippen LogP contribution is 2.16. The molecule has 0 aliphatic heterocycles. The average Bonchev–Trinajstić information content (AvgIpc) is 3.35. The van der Waals surface area contributed by atoms with Gasteiger partial charge >= 0.3 is 17.9 Å². The third-order valence-corrected chi connectivity index (χ3v) is 12.5. The van der Waals surface area contributed by atoms with Crippen LogP contribution < -0.4 is 0 Å². The predicted molar refractivity (Wildman–Crippen MR) is 297 cm³/mol. The van der Waals surface area contributed by atoms with Gasteiger partial charge in [-0.15, -0.1) is 0 Å². The Labute approximate surface area is 426 Å². The highest BCUT2D eigenvalue weighted by atomic mass is 16.6. The first-order valence-electron chi connectivity index (χ1n) is 29.1. The van der Waals surface area contributed by atoms with Gasteiger partial charge in [-0.2, -0.15) is 0 Å². The van der Waals surface area contributed by atoms with E-state index in [4.69, 9.17) is 14.2 Å². The summed E-state index contributed by atoms with van der Waals surface area (Å²) in [6, 6.07) is 0. The second kappa shape index (κ2) is 57.2. The molecule has 0 rings (SSSR count). The van der Waals surface area contributed by atoms with Crippen LogP contribution in [0.1, 0.15) is 278 Å². The van der Waals surface area contributed by atoms with Gasteiger partial charge in [-0.25, -0.2) is 0 Å². The molecule has 0 amide bonds. The standard InChI is InChI=1S/C63H108O6/c1-4-7-10-13-16-19-22-25-28-30-31-33-35-38-41-44-47-50-53-56-62(65)68-59-60(58-67-61(64)55-52-49-46-43-40-37-34-27-24-21-18-15-12-9-6-3)69-63(66)57-54-51-48-45-42-39-36-32-29-26-23-20-17-14-11-8-5-2/h7,9-10,12,15-16,18-19,21,24-25,28,31,33,60H,4-6,8,11,13-14,17,20,22-23,26-27,29-30,32,34-59H2,1-3H3/b10-7-,12-9-,18-15-,19-16-,24-21-,28-25-,33-31-. The second-order valence-electron chi connectivity index (χ2n) is 19.2. The highest BCUT2D eigenvalue weighted by molar-refractivity contribution is 5.71. The van der Waals surface area contributed by atoms with Gasteiger partial charge in [0.15, 0.2) is 6.10 Å². The minimum atomic E-state index is -0.787. The average molecular weight is 962 g/mol. The Balaban J connectivity index is 4.40. The molecule has 0 aliphatic rings. The number of hydrogen-bond acceptors (Lipinski definition) is 6. The van der Waals surface area contributed by atoms with Crippen LogP contribution >= 0.6 is 0 Å². The van der Waals surface area contributed by atoms with Crippen LogP contribution in [0.3, 0.4) is 0 Å². The lowest BCUT2D eigenvalue weighted by atomic mass is 10.0. The van der Waals surface area contributed by atoms with Gasteiger partial charge < -0.3 is 14.2 Å². The lowest BCUT2D eigenvalue weighted by molar-refractivity contribution is -0.167. The van der Waals surface area contributed by atoms with Crippen LogP contribution in [-0.4, -0.2) is 37.2 Å². The SMILES string of the molecule is CC\C=C/C=C\C=C/CCCCCCCCCC(=O)OCC(COC(=O)CCCCCCCC/C=C\C/C=C\C/C=C\C/C=C\CC)OC(=O)CCCCCCCCCCCCCCCCCCC. The van der Waals surface area contributed by atoms with Crippen molar-refractivity contribution in [1.82, 2.24) is 0 Å². The van der Waals surface area contributed by atoms with Gasteiger partial charge in [0.1, 0.15) is 13.2 Å². The summed E-state index contributed by atoms with van der Waals surface area (Å²) in [7, 11) is 0. The Hall–Kier alpha value is -3.41. The maximum Gasteiger partial charge on any atom is 0.306 e. The number of hydrogen-bond donors (Lipinski definition) is 0. The fraction of sp³-hybridized carbons (Fsp3) is 0.730. The largest absolute Gasteiger partial charge is 0.462 e. The first-order valence-corrected chi connectivity index (χ1v) is 29.1. The third kappa shape index (κ3) is 55.4. The van der Waals surface area contributed by atoms with E-state index in [1.54, 1.807) is 0 Å². The molecule has 6 heteroatoms. The van der Waals surface area contributed by atoms with Crippen LogP contribution in [0.15, 0.2) is 85.1 Å². The molecule has 396 valence electrons. The molecule has 0 fully saturated rings. The van der Waals surface area contributed by atoms with E-state index in [-0.39, 0.29) is 31.1 Å². The Kier molecular flexibility index (Phi) is 54.3. The Morgan fingerprint density at radius 1 is 0.319 bits per heavy atom. The smallest absolute Gasteiger partial charge is 0.306 e. The van der Waals surface area contributed by atoms with Gasteiger partial charge in [-0.1, -0.05) is 266 Å². The van der Waals surface area contributed by atoms with Crippen LogP contribution in [0.25, 0.3) is 0 Å². The summed E-state index contributed by atoms with van der Waals surface area (Å²) in [6.45, 7) is 6.40. The predicted octanol–water partition coefficient (Wildman–Crippen LogP) is 19.5. The molecule has 0 spiro atoms. The van der Waals surface area contributed by atoms with Crippen molar-refractivity contribution in [3.8, 4) is 0 Å². The first kappa shape index (κ1) is 65.6. The number of esters is 3. The van der Waals surface area contributed by atoms with E-state index in [9.17, 15) is 14.4 Å². The molecule has 0 saturated heterocycles. The lowest BCUT2D eigenvalue weighted by Gasteiger charge is -2.18. The summed E-state index contributed by atoms with van der Waals surface area (Å²) < 4.78 is 16.9. The normalized spacial score (nSPS) is 12.7. The van der Waals surface area contributed by atoms with Crippen molar-refractivity contribution in [1.29, 1.82) is 0 Å². The number of carbonyl (C=O) groups excluding carboxylic acids is 3. The topological polar surface area (TPSA) is 78.9 Å². The summed E-state index contributed by atoms with van der Waals surface area (Å²) in [5.74, 6) is -0.901. The number of rotatable bonds is 52. The van der Waals surface area contributed by atoms with Crippen LogP contribution in [0.4, 0.5) is 0 Å². The third-order valence-electron chi connectivity index (χ3n) is 12.5. The fourth-order valence-electron chi connectivity index (χ4n) is 8.14. The van der Waals surface area contributed by atoms with Crippen molar-refractivity contribution >= 4 is 17.9 Å². The van der Waals surface area contributed by atoms with Crippen LogP contribution in [-0.2, 0) is 28.6 Å². The fourth-order valence-corrected chi connectivity index (χ4v) is 8.14. The molecule has 69 heavy (non-hydrogen) atoms. The molecule has 0 aromatic carbocycles. The van der Waals surface area contributed by atoms with Crippen molar-refractivity contribution in [2.45, 2.75) is 284 Å². The molecule has 1 atom stereocenters. The van der Waals surface area contributed by atoms with Gasteiger partial charge in [-0.05, 0) is 77.0 Å². The molecule has 0 aromatic rings. The quantitative estimate of drug-likeness (QED) is 0.0199. The summed E-state index contributed by atoms with van der Waals surface area (Å²) in [5, 5.41) is 0. The van der Waals surface area contributed by atoms with Gasteiger partial charge in [0.25, 0.3) is 0 Å². The van der Waals surface area contributed by atoms with Gasteiger partial charge in [0.2, 0.25) is 0 Å². The van der Waals surface area contributed by atoms with Crippen molar-refractivity contribution in [2.24, 2.45) is 0 Å². The van der Waals surface area contributed by atoms with E-state index < -0.39 is 6.10 Å². The van der Waals surface area contributed by atoms with Crippen molar-refractivity contribution in [2.75, 3.05) is 13.2 Å². The molecule has 1 unspecified atom stereocenters. The zero-order valence-corrected chi connectivity index (χ0v) is 45.3. The number of unbranched alkanes of at least 4 members (excludes halogenated alkanes) is 29. The van der Waals surface area contributed by atoms with Crippen molar-refractivity contribution in [3.05, 3.63) is 85.1 Å². The van der Waals surface area contributed by atoms with E-state index in [1.165, 1.54) is 135 Å². The zero-order valence-electron chi connectivity index (χ0n) is 45.3. The molecule has 0 bridgehead atoms. The molecule has 0 aromatic heterocycles. The molecule has 0 saturated carbocycles. The first-order chi connectivity index (χ1) is 34.0. The molecular formula is C63H108O6. The second-order valence-corrected chi connectivity index (χ2v) is 19.2. The van der Waals surface area contributed by atoms with Gasteiger partial charge in [0.05, 0.1) is 0 Å². The molecule has 0 aliphatic carbocycles. The molecule has 0 heterocycles. The summed E-state index contributed by atoms with van der Waals surface area (Å²) in [6.07, 6.45) is 74.3. The maximum atomic E-state index is 12.9. The van der Waals surface area contributed by atoms with Crippen LogP contribution in [0.5, 0.6) is 0 Å². The van der Waals surface area contributed by atoms with E-state index in [1.807, 2.05) is 0 Å². The van der Waals surface area contributed by atoms with E-state index in [0.29, 0.717) is 19.3 Å². The number of ether oxygens (including phenoxy) is 3. The van der Waals surface area contributed by atoms with Crippen LogP contribution in [0.2, 0.25) is 0 Å². The maximum absolute atomic E-state index is 12.9. The zero-order chi connectivity index (χ0) is 50.0. The number of carbonyl (C=O) groups is 3. The minimum Gasteiger partial charge on any atom is -0.462 e. The Morgan fingerprint density at radius 3 is 1.04 bits per heavy atom. The number of allylic oxidation sites excluding steroid dienone is 14. The highest BCUT2D eigenvalue weighted by Gasteiger charge is 2.19. The summed E-state index contributed by atoms with van der Waals surface area (Å²) >= 11 is 0. The van der Waals surface area contributed by atoms with Crippen LogP contribution in [0, 0.1) is 0 Å². The van der Waals surface area contributed by atoms with Gasteiger partial charge in [-0.3, -0.25) is 14.4 Å². The Morgan fingerprint density at radius 2 is 0.638 bits per heavy atom. The molecule has 6 nitrogen and oxygen atoms in total. The molecule has 0 radical (unpaired) electrons. The minimum absolute atomic E-state index is 0.0858. The molecular weight excluding hydrogens is 853 g/mol. The summed E-state index contributed by atoms with van der Waals surface area (Å²) in [5.41, 5.74) is 0. The van der Waals surface area contributed by atoms with Crippen molar-refractivity contribution in [3.63, 3.8) is 0 Å². The lowest BCUT2D eigenvalue weighted by Crippen LogP contribution is -2.30.